The Morgan fingerprint density at radius 2 is 1.44 bits per heavy atom. The third-order valence-corrected chi connectivity index (χ3v) is 7.96. The highest BCUT2D eigenvalue weighted by molar-refractivity contribution is 6.32. The van der Waals surface area contributed by atoms with E-state index in [0.29, 0.717) is 11.1 Å². The second-order valence-corrected chi connectivity index (χ2v) is 10.9. The Hall–Kier alpha value is -3.86. The quantitative estimate of drug-likeness (QED) is 0.431. The second kappa shape index (κ2) is 7.57. The molecule has 4 nitrogen and oxygen atoms in total. The molecule has 0 amide bonds. The molecule has 1 spiro atoms. The van der Waals surface area contributed by atoms with Crippen molar-refractivity contribution < 1.29 is 18.8 Å². The average molecular weight is 480 g/mol. The summed E-state index contributed by atoms with van der Waals surface area (Å²) in [4.78, 5) is 45.0. The number of benzene rings is 3. The maximum atomic E-state index is 15.6. The summed E-state index contributed by atoms with van der Waals surface area (Å²) in [5, 5.41) is 0. The zero-order valence-electron chi connectivity index (χ0n) is 20.4. The summed E-state index contributed by atoms with van der Waals surface area (Å²) in [7, 11) is 0. The molecule has 2 heterocycles. The molecule has 1 fully saturated rings. The highest BCUT2D eigenvalue weighted by atomic mass is 19.1. The van der Waals surface area contributed by atoms with Crippen LogP contribution < -0.4 is 4.90 Å². The van der Waals surface area contributed by atoms with E-state index in [9.17, 15) is 14.4 Å². The van der Waals surface area contributed by atoms with Gasteiger partial charge in [0.1, 0.15) is 11.2 Å². The van der Waals surface area contributed by atoms with Crippen molar-refractivity contribution in [1.29, 1.82) is 0 Å². The molecular weight excluding hydrogens is 453 g/mol. The number of halogens is 1. The molecule has 3 aromatic carbocycles. The summed E-state index contributed by atoms with van der Waals surface area (Å²) < 4.78 is 15.6. The van der Waals surface area contributed by atoms with E-state index in [4.69, 9.17) is 0 Å². The second-order valence-electron chi connectivity index (χ2n) is 10.9. The van der Waals surface area contributed by atoms with Gasteiger partial charge in [0, 0.05) is 28.1 Å². The smallest absolute Gasteiger partial charge is 0.180 e. The van der Waals surface area contributed by atoms with E-state index in [1.807, 2.05) is 62.1 Å². The number of carbonyl (C=O) groups excluding carboxylic acids is 3. The number of para-hydroxylation sites is 1. The SMILES string of the molecule is CC(C)(C)C(=O)[C@H]1[C@H](c2ccccc2F)C2(C(=O)c3ccccc3C2=O)C2C=Cc3ccccc3N21. The van der Waals surface area contributed by atoms with Crippen LogP contribution in [0, 0.1) is 16.6 Å². The van der Waals surface area contributed by atoms with Gasteiger partial charge in [0.05, 0.1) is 12.1 Å². The molecule has 1 saturated heterocycles. The lowest BCUT2D eigenvalue weighted by molar-refractivity contribution is -0.127. The normalized spacial score (nSPS) is 23.6. The molecular formula is C31H26FNO3. The minimum absolute atomic E-state index is 0.140. The predicted octanol–water partition coefficient (Wildman–Crippen LogP) is 5.87. The van der Waals surface area contributed by atoms with Crippen molar-refractivity contribution >= 4 is 29.1 Å². The molecule has 3 atom stereocenters. The van der Waals surface area contributed by atoms with Crippen LogP contribution in [0.5, 0.6) is 0 Å². The van der Waals surface area contributed by atoms with E-state index < -0.39 is 34.6 Å². The first-order valence-electron chi connectivity index (χ1n) is 12.2. The van der Waals surface area contributed by atoms with Crippen molar-refractivity contribution in [2.24, 2.45) is 10.8 Å². The largest absolute Gasteiger partial charge is 0.352 e. The number of rotatable bonds is 2. The molecule has 0 radical (unpaired) electrons. The first-order chi connectivity index (χ1) is 17.2. The van der Waals surface area contributed by atoms with Crippen molar-refractivity contribution in [1.82, 2.24) is 0 Å². The third kappa shape index (κ3) is 2.77. The van der Waals surface area contributed by atoms with Gasteiger partial charge in [-0.2, -0.15) is 0 Å². The zero-order chi connectivity index (χ0) is 25.4. The molecule has 1 aliphatic carbocycles. The zero-order valence-corrected chi connectivity index (χ0v) is 20.4. The number of anilines is 1. The van der Waals surface area contributed by atoms with E-state index in [0.717, 1.165) is 11.3 Å². The summed E-state index contributed by atoms with van der Waals surface area (Å²) in [6.45, 7) is 5.48. The van der Waals surface area contributed by atoms with Crippen LogP contribution >= 0.6 is 0 Å². The Bertz CT molecular complexity index is 1450. The molecule has 2 aliphatic heterocycles. The Morgan fingerprint density at radius 3 is 2.08 bits per heavy atom. The number of hydrogen-bond acceptors (Lipinski definition) is 4. The van der Waals surface area contributed by atoms with E-state index in [-0.39, 0.29) is 22.9 Å². The molecule has 3 aliphatic rings. The first kappa shape index (κ1) is 22.6. The lowest BCUT2D eigenvalue weighted by Gasteiger charge is -2.38. The number of hydrogen-bond donors (Lipinski definition) is 0. The minimum atomic E-state index is -1.67. The number of nitrogens with zero attached hydrogens (tertiary/aromatic N) is 1. The summed E-state index contributed by atoms with van der Waals surface area (Å²) in [6, 6.07) is 19.0. The van der Waals surface area contributed by atoms with Crippen LogP contribution in [0.2, 0.25) is 0 Å². The van der Waals surface area contributed by atoms with Gasteiger partial charge in [0.2, 0.25) is 0 Å². The summed E-state index contributed by atoms with van der Waals surface area (Å²) in [5.41, 5.74) is 0.0802. The Kier molecular flexibility index (Phi) is 4.75. The van der Waals surface area contributed by atoms with Crippen LogP contribution in [0.1, 0.15) is 58.5 Å². The fourth-order valence-electron chi connectivity index (χ4n) is 6.43. The van der Waals surface area contributed by atoms with Gasteiger partial charge in [0.15, 0.2) is 17.3 Å². The Balaban J connectivity index is 1.72. The Morgan fingerprint density at radius 1 is 0.861 bits per heavy atom. The minimum Gasteiger partial charge on any atom is -0.352 e. The molecule has 3 aromatic rings. The van der Waals surface area contributed by atoms with Crippen LogP contribution in [-0.2, 0) is 4.79 Å². The maximum Gasteiger partial charge on any atom is 0.180 e. The predicted molar refractivity (Wildman–Crippen MR) is 137 cm³/mol. The van der Waals surface area contributed by atoms with E-state index in [1.54, 1.807) is 42.5 Å². The molecule has 1 unspecified atom stereocenters. The lowest BCUT2D eigenvalue weighted by atomic mass is 9.63. The van der Waals surface area contributed by atoms with Gasteiger partial charge in [0.25, 0.3) is 0 Å². The number of carbonyl (C=O) groups is 3. The molecule has 6 rings (SSSR count). The molecule has 5 heteroatoms. The maximum absolute atomic E-state index is 15.6. The standard InChI is InChI=1S/C31H26FNO3/c1-30(2,3)29(36)26-25(21-13-7-8-14-22(21)32)31(27(34)19-11-5-6-12-20(19)28(31)35)24-17-16-18-10-4-9-15-23(18)33(24)26/h4-17,24-26H,1-3H3/t24?,25-,26+/m0/s1. The topological polar surface area (TPSA) is 54.5 Å². The van der Waals surface area contributed by atoms with Crippen molar-refractivity contribution in [2.45, 2.75) is 38.8 Å². The summed E-state index contributed by atoms with van der Waals surface area (Å²) in [5.74, 6) is -2.36. The van der Waals surface area contributed by atoms with Crippen LogP contribution in [0.3, 0.4) is 0 Å². The highest BCUT2D eigenvalue weighted by Gasteiger charge is 2.72. The molecule has 0 saturated carbocycles. The summed E-state index contributed by atoms with van der Waals surface area (Å²) in [6.07, 6.45) is 3.76. The van der Waals surface area contributed by atoms with Gasteiger partial charge >= 0.3 is 0 Å². The van der Waals surface area contributed by atoms with Crippen molar-refractivity contribution in [2.75, 3.05) is 4.90 Å². The molecule has 0 N–H and O–H groups in total. The van der Waals surface area contributed by atoms with Gasteiger partial charge in [-0.3, -0.25) is 14.4 Å². The number of Topliss-reactive ketones (excluding diaryl/α,β-unsaturated/α-hetero) is 3. The van der Waals surface area contributed by atoms with Crippen LogP contribution in [0.25, 0.3) is 6.08 Å². The number of fused-ring (bicyclic) bond motifs is 5. The van der Waals surface area contributed by atoms with Gasteiger partial charge in [-0.05, 0) is 23.3 Å². The molecule has 0 aromatic heterocycles. The highest BCUT2D eigenvalue weighted by Crippen LogP contribution is 2.61. The van der Waals surface area contributed by atoms with E-state index in [2.05, 4.69) is 0 Å². The van der Waals surface area contributed by atoms with Gasteiger partial charge in [-0.15, -0.1) is 0 Å². The van der Waals surface area contributed by atoms with Gasteiger partial charge in [-0.25, -0.2) is 4.39 Å². The molecule has 0 bridgehead atoms. The van der Waals surface area contributed by atoms with Crippen LogP contribution in [-0.4, -0.2) is 29.4 Å². The Labute approximate surface area is 209 Å². The molecule has 180 valence electrons. The van der Waals surface area contributed by atoms with Crippen molar-refractivity contribution in [3.63, 3.8) is 0 Å². The van der Waals surface area contributed by atoms with Crippen molar-refractivity contribution in [3.8, 4) is 0 Å². The average Bonchev–Trinajstić information content (AvgIpc) is 3.30. The van der Waals surface area contributed by atoms with Crippen LogP contribution in [0.15, 0.2) is 78.9 Å². The monoisotopic (exact) mass is 479 g/mol. The van der Waals surface area contributed by atoms with Gasteiger partial charge < -0.3 is 4.90 Å². The lowest BCUT2D eigenvalue weighted by Crippen LogP contribution is -2.49. The van der Waals surface area contributed by atoms with E-state index in [1.165, 1.54) is 6.07 Å². The fourth-order valence-corrected chi connectivity index (χ4v) is 6.43. The summed E-state index contributed by atoms with van der Waals surface area (Å²) >= 11 is 0. The molecule has 36 heavy (non-hydrogen) atoms. The first-order valence-corrected chi connectivity index (χ1v) is 12.2. The van der Waals surface area contributed by atoms with Gasteiger partial charge in [-0.1, -0.05) is 93.6 Å². The number of ketones is 3. The van der Waals surface area contributed by atoms with Crippen molar-refractivity contribution in [3.05, 3.63) is 107 Å². The fraction of sp³-hybridized carbons (Fsp3) is 0.258. The third-order valence-electron chi connectivity index (χ3n) is 7.96. The van der Waals surface area contributed by atoms with Crippen LogP contribution in [0.4, 0.5) is 10.1 Å². The van der Waals surface area contributed by atoms with E-state index >= 15 is 4.39 Å².